The average molecular weight is 523 g/mol. The van der Waals surface area contributed by atoms with Gasteiger partial charge in [-0.25, -0.2) is 4.39 Å². The summed E-state index contributed by atoms with van der Waals surface area (Å²) in [6.45, 7) is 5.26. The highest BCUT2D eigenvalue weighted by Gasteiger charge is 2.36. The smallest absolute Gasteiger partial charge is 0.308 e. The third kappa shape index (κ3) is 6.34. The fraction of sp³-hybridized carbons (Fsp3) is 0.387. The first-order valence-corrected chi connectivity index (χ1v) is 12.8. The Morgan fingerprint density at radius 3 is 2.63 bits per heavy atom. The SMILES string of the molecule is COC(=O)C[C@@H](O)c1cccc(OCc2ccc(-c3cc(OC)ccc3F)c([C@@H]3OCCCC3(C)C)c2)c1. The highest BCUT2D eigenvalue weighted by atomic mass is 19.1. The Labute approximate surface area is 223 Å². The molecule has 1 aliphatic heterocycles. The van der Waals surface area contributed by atoms with E-state index in [1.807, 2.05) is 18.2 Å². The molecular weight excluding hydrogens is 487 g/mol. The summed E-state index contributed by atoms with van der Waals surface area (Å²) >= 11 is 0. The molecule has 1 heterocycles. The molecule has 0 radical (unpaired) electrons. The van der Waals surface area contributed by atoms with Gasteiger partial charge in [0.1, 0.15) is 23.9 Å². The molecule has 1 aliphatic rings. The maximum absolute atomic E-state index is 15.0. The number of aliphatic hydroxyl groups is 1. The highest BCUT2D eigenvalue weighted by molar-refractivity contribution is 5.71. The summed E-state index contributed by atoms with van der Waals surface area (Å²) in [7, 11) is 2.85. The third-order valence-electron chi connectivity index (χ3n) is 7.06. The van der Waals surface area contributed by atoms with E-state index in [2.05, 4.69) is 18.6 Å². The molecule has 3 aromatic rings. The molecule has 1 fully saturated rings. The standard InChI is InChI=1S/C31H35FO6/c1-31(2)13-6-14-37-30(31)26-15-20(9-11-24(26)25-17-22(35-3)10-12-27(25)32)19-38-23-8-5-7-21(16-23)28(33)18-29(34)36-4/h5,7-12,15-17,28,30,33H,6,13-14,18-19H2,1-4H3/t28-,30+/m1/s1. The predicted octanol–water partition coefficient (Wildman–Crippen LogP) is 6.55. The Morgan fingerprint density at radius 1 is 1.08 bits per heavy atom. The maximum Gasteiger partial charge on any atom is 0.308 e. The maximum atomic E-state index is 15.0. The van der Waals surface area contributed by atoms with Crippen LogP contribution in [-0.4, -0.2) is 31.9 Å². The predicted molar refractivity (Wildman–Crippen MR) is 142 cm³/mol. The van der Waals surface area contributed by atoms with Gasteiger partial charge in [0, 0.05) is 12.2 Å². The van der Waals surface area contributed by atoms with Crippen LogP contribution in [0.5, 0.6) is 11.5 Å². The summed E-state index contributed by atoms with van der Waals surface area (Å²) in [4.78, 5) is 11.5. The number of benzene rings is 3. The van der Waals surface area contributed by atoms with E-state index in [1.165, 1.54) is 13.2 Å². The van der Waals surface area contributed by atoms with Gasteiger partial charge in [-0.2, -0.15) is 0 Å². The van der Waals surface area contributed by atoms with Crippen molar-refractivity contribution in [3.8, 4) is 22.6 Å². The zero-order valence-corrected chi connectivity index (χ0v) is 22.3. The number of carbonyl (C=O) groups excluding carboxylic acids is 1. The number of aliphatic hydroxyl groups excluding tert-OH is 1. The lowest BCUT2D eigenvalue weighted by atomic mass is 9.75. The summed E-state index contributed by atoms with van der Waals surface area (Å²) in [5.74, 6) is 0.326. The fourth-order valence-corrected chi connectivity index (χ4v) is 4.94. The molecule has 0 saturated carbocycles. The van der Waals surface area contributed by atoms with E-state index in [0.29, 0.717) is 29.2 Å². The van der Waals surface area contributed by atoms with Crippen LogP contribution in [0.1, 0.15) is 62.0 Å². The lowest BCUT2D eigenvalue weighted by Crippen LogP contribution is -2.30. The van der Waals surface area contributed by atoms with Crippen LogP contribution in [0, 0.1) is 11.2 Å². The van der Waals surface area contributed by atoms with Crippen LogP contribution in [0.4, 0.5) is 4.39 Å². The van der Waals surface area contributed by atoms with Gasteiger partial charge in [-0.1, -0.05) is 38.1 Å². The number of methoxy groups -OCH3 is 2. The molecule has 2 atom stereocenters. The van der Waals surface area contributed by atoms with Crippen molar-refractivity contribution in [2.45, 2.75) is 51.9 Å². The van der Waals surface area contributed by atoms with Gasteiger partial charge in [0.2, 0.25) is 0 Å². The number of hydrogen-bond donors (Lipinski definition) is 1. The highest BCUT2D eigenvalue weighted by Crippen LogP contribution is 2.47. The largest absolute Gasteiger partial charge is 0.497 e. The topological polar surface area (TPSA) is 74.2 Å². The number of esters is 1. The summed E-state index contributed by atoms with van der Waals surface area (Å²) < 4.78 is 37.4. The van der Waals surface area contributed by atoms with E-state index >= 15 is 4.39 Å². The summed E-state index contributed by atoms with van der Waals surface area (Å²) in [5, 5.41) is 10.4. The molecule has 4 rings (SSSR count). The number of ether oxygens (including phenoxy) is 4. The summed E-state index contributed by atoms with van der Waals surface area (Å²) in [6.07, 6.45) is 0.642. The number of carbonyl (C=O) groups is 1. The monoisotopic (exact) mass is 522 g/mol. The molecule has 6 nitrogen and oxygen atoms in total. The van der Waals surface area contributed by atoms with Crippen LogP contribution in [0.25, 0.3) is 11.1 Å². The molecule has 38 heavy (non-hydrogen) atoms. The second-order valence-corrected chi connectivity index (χ2v) is 10.3. The Kier molecular flexibility index (Phi) is 8.69. The van der Waals surface area contributed by atoms with Crippen molar-refractivity contribution in [1.82, 2.24) is 0 Å². The average Bonchev–Trinajstić information content (AvgIpc) is 2.92. The minimum atomic E-state index is -0.986. The summed E-state index contributed by atoms with van der Waals surface area (Å²) in [6, 6.07) is 17.6. The van der Waals surface area contributed by atoms with Crippen molar-refractivity contribution in [2.75, 3.05) is 20.8 Å². The third-order valence-corrected chi connectivity index (χ3v) is 7.06. The zero-order chi connectivity index (χ0) is 27.3. The first kappa shape index (κ1) is 27.6. The first-order chi connectivity index (χ1) is 18.2. The van der Waals surface area contributed by atoms with Crippen LogP contribution < -0.4 is 9.47 Å². The van der Waals surface area contributed by atoms with Gasteiger partial charge in [-0.05, 0) is 76.9 Å². The van der Waals surface area contributed by atoms with Gasteiger partial charge in [0.05, 0.1) is 32.8 Å². The molecular formula is C31H35FO6. The van der Waals surface area contributed by atoms with Gasteiger partial charge in [-0.15, -0.1) is 0 Å². The van der Waals surface area contributed by atoms with Crippen LogP contribution in [0.3, 0.4) is 0 Å². The van der Waals surface area contributed by atoms with Crippen LogP contribution in [-0.2, 0) is 20.9 Å². The minimum absolute atomic E-state index is 0.133. The molecule has 7 heteroatoms. The van der Waals surface area contributed by atoms with E-state index in [-0.39, 0.29) is 30.4 Å². The molecule has 0 spiro atoms. The summed E-state index contributed by atoms with van der Waals surface area (Å²) in [5.41, 5.74) is 3.46. The molecule has 3 aromatic carbocycles. The second-order valence-electron chi connectivity index (χ2n) is 10.3. The molecule has 0 aromatic heterocycles. The molecule has 0 amide bonds. The van der Waals surface area contributed by atoms with Crippen molar-refractivity contribution in [2.24, 2.45) is 5.41 Å². The minimum Gasteiger partial charge on any atom is -0.497 e. The van der Waals surface area contributed by atoms with Gasteiger partial charge in [0.15, 0.2) is 0 Å². The van der Waals surface area contributed by atoms with Crippen molar-refractivity contribution >= 4 is 5.97 Å². The van der Waals surface area contributed by atoms with Crippen molar-refractivity contribution in [3.05, 3.63) is 83.2 Å². The fourth-order valence-electron chi connectivity index (χ4n) is 4.94. The van der Waals surface area contributed by atoms with E-state index in [1.54, 1.807) is 43.5 Å². The molecule has 0 bridgehead atoms. The Hall–Kier alpha value is -3.42. The number of hydrogen-bond acceptors (Lipinski definition) is 6. The zero-order valence-electron chi connectivity index (χ0n) is 22.3. The van der Waals surface area contributed by atoms with Gasteiger partial charge in [0.25, 0.3) is 0 Å². The molecule has 0 aliphatic carbocycles. The molecule has 0 unspecified atom stereocenters. The van der Waals surface area contributed by atoms with Crippen molar-refractivity contribution in [1.29, 1.82) is 0 Å². The van der Waals surface area contributed by atoms with E-state index < -0.39 is 12.1 Å². The molecule has 202 valence electrons. The van der Waals surface area contributed by atoms with Crippen LogP contribution >= 0.6 is 0 Å². The van der Waals surface area contributed by atoms with Crippen molar-refractivity contribution < 1.29 is 33.2 Å². The van der Waals surface area contributed by atoms with E-state index in [4.69, 9.17) is 14.2 Å². The van der Waals surface area contributed by atoms with E-state index in [9.17, 15) is 9.90 Å². The second kappa shape index (κ2) is 12.0. The number of halogens is 1. The molecule has 1 N–H and O–H groups in total. The lowest BCUT2D eigenvalue weighted by molar-refractivity contribution is -0.142. The van der Waals surface area contributed by atoms with Gasteiger partial charge >= 0.3 is 5.97 Å². The molecule has 1 saturated heterocycles. The quantitative estimate of drug-likeness (QED) is 0.321. The Morgan fingerprint density at radius 2 is 1.89 bits per heavy atom. The Balaban J connectivity index is 1.64. The van der Waals surface area contributed by atoms with Crippen LogP contribution in [0.15, 0.2) is 60.7 Å². The first-order valence-electron chi connectivity index (χ1n) is 12.8. The van der Waals surface area contributed by atoms with Crippen LogP contribution in [0.2, 0.25) is 0 Å². The van der Waals surface area contributed by atoms with Gasteiger partial charge < -0.3 is 24.1 Å². The lowest BCUT2D eigenvalue weighted by Gasteiger charge is -2.39. The van der Waals surface area contributed by atoms with Crippen molar-refractivity contribution in [3.63, 3.8) is 0 Å². The Bertz CT molecular complexity index is 1270. The number of rotatable bonds is 9. The van der Waals surface area contributed by atoms with Gasteiger partial charge in [-0.3, -0.25) is 4.79 Å². The van der Waals surface area contributed by atoms with E-state index in [0.717, 1.165) is 29.5 Å². The normalized spacial score (nSPS) is 17.5.